The van der Waals surface area contributed by atoms with Crippen molar-refractivity contribution < 1.29 is 9.84 Å². The van der Waals surface area contributed by atoms with Crippen molar-refractivity contribution in [3.05, 3.63) is 23.3 Å². The predicted molar refractivity (Wildman–Crippen MR) is 55.3 cm³/mol. The molecule has 0 fully saturated rings. The van der Waals surface area contributed by atoms with E-state index in [0.717, 1.165) is 30.4 Å². The first kappa shape index (κ1) is 9.34. The summed E-state index contributed by atoms with van der Waals surface area (Å²) in [5.74, 6) is 0.657. The topological polar surface area (TPSA) is 55.5 Å². The van der Waals surface area contributed by atoms with Crippen molar-refractivity contribution in [3.8, 4) is 5.75 Å². The molecular formula is C11H15NO2. The highest BCUT2D eigenvalue weighted by molar-refractivity contribution is 5.57. The zero-order valence-corrected chi connectivity index (χ0v) is 8.29. The highest BCUT2D eigenvalue weighted by atomic mass is 16.5. The molecule has 1 aromatic carbocycles. The van der Waals surface area contributed by atoms with Gasteiger partial charge in [0.1, 0.15) is 5.75 Å². The second-order valence-corrected chi connectivity index (χ2v) is 3.70. The Morgan fingerprint density at radius 3 is 3.00 bits per heavy atom. The monoisotopic (exact) mass is 193 g/mol. The number of nitrogens with two attached hydrogens (primary N) is 1. The van der Waals surface area contributed by atoms with Gasteiger partial charge < -0.3 is 15.6 Å². The van der Waals surface area contributed by atoms with Gasteiger partial charge in [0.05, 0.1) is 18.9 Å². The second-order valence-electron chi connectivity index (χ2n) is 3.70. The Morgan fingerprint density at radius 2 is 2.29 bits per heavy atom. The zero-order valence-electron chi connectivity index (χ0n) is 8.29. The first-order valence-corrected chi connectivity index (χ1v) is 4.86. The molecule has 3 N–H and O–H groups in total. The average Bonchev–Trinajstić information content (AvgIpc) is 2.17. The van der Waals surface area contributed by atoms with Crippen LogP contribution in [0.5, 0.6) is 5.75 Å². The van der Waals surface area contributed by atoms with Crippen LogP contribution >= 0.6 is 0 Å². The summed E-state index contributed by atoms with van der Waals surface area (Å²) < 4.78 is 5.12. The van der Waals surface area contributed by atoms with Crippen LogP contribution in [0.4, 0.5) is 5.69 Å². The van der Waals surface area contributed by atoms with Gasteiger partial charge in [0.15, 0.2) is 0 Å². The molecule has 0 saturated heterocycles. The smallest absolute Gasteiger partial charge is 0.142 e. The van der Waals surface area contributed by atoms with Crippen molar-refractivity contribution in [1.29, 1.82) is 0 Å². The predicted octanol–water partition coefficient (Wildman–Crippen LogP) is 1.65. The molecule has 0 unspecified atom stereocenters. The fourth-order valence-corrected chi connectivity index (χ4v) is 2.00. The van der Waals surface area contributed by atoms with Crippen LogP contribution < -0.4 is 10.5 Å². The Bertz CT molecular complexity index is 349. The van der Waals surface area contributed by atoms with Crippen LogP contribution in [-0.4, -0.2) is 12.2 Å². The van der Waals surface area contributed by atoms with E-state index < -0.39 is 0 Å². The quantitative estimate of drug-likeness (QED) is 0.667. The van der Waals surface area contributed by atoms with Crippen molar-refractivity contribution in [2.45, 2.75) is 25.4 Å². The molecule has 0 bridgehead atoms. The van der Waals surface area contributed by atoms with Gasteiger partial charge in [0, 0.05) is 0 Å². The van der Waals surface area contributed by atoms with Crippen molar-refractivity contribution in [3.63, 3.8) is 0 Å². The summed E-state index contributed by atoms with van der Waals surface area (Å²) in [5.41, 5.74) is 8.58. The minimum atomic E-state index is -0.353. The van der Waals surface area contributed by atoms with E-state index in [9.17, 15) is 5.11 Å². The number of anilines is 1. The molecule has 2 rings (SSSR count). The Hall–Kier alpha value is -1.22. The van der Waals surface area contributed by atoms with Gasteiger partial charge >= 0.3 is 0 Å². The van der Waals surface area contributed by atoms with Gasteiger partial charge in [-0.3, -0.25) is 0 Å². The molecule has 1 aliphatic carbocycles. The number of rotatable bonds is 1. The maximum absolute atomic E-state index is 9.78. The summed E-state index contributed by atoms with van der Waals surface area (Å²) in [6.45, 7) is 0. The molecular weight excluding hydrogens is 178 g/mol. The van der Waals surface area contributed by atoms with Crippen LogP contribution in [0.25, 0.3) is 0 Å². The highest BCUT2D eigenvalue weighted by Gasteiger charge is 2.19. The third-order valence-electron chi connectivity index (χ3n) is 2.77. The normalized spacial score (nSPS) is 20.3. The molecule has 0 radical (unpaired) electrons. The van der Waals surface area contributed by atoms with Gasteiger partial charge in [0.25, 0.3) is 0 Å². The third-order valence-corrected chi connectivity index (χ3v) is 2.77. The number of nitrogen functional groups attached to an aromatic ring is 1. The molecule has 0 aromatic heterocycles. The Kier molecular flexibility index (Phi) is 2.33. The van der Waals surface area contributed by atoms with Gasteiger partial charge in [-0.25, -0.2) is 0 Å². The molecule has 1 aliphatic rings. The first-order chi connectivity index (χ1) is 6.72. The number of ether oxygens (including phenoxy) is 1. The summed E-state index contributed by atoms with van der Waals surface area (Å²) in [4.78, 5) is 0. The molecule has 3 nitrogen and oxygen atoms in total. The van der Waals surface area contributed by atoms with E-state index in [2.05, 4.69) is 0 Å². The maximum Gasteiger partial charge on any atom is 0.142 e. The van der Waals surface area contributed by atoms with Crippen LogP contribution in [0.15, 0.2) is 12.1 Å². The molecule has 0 amide bonds. The number of methoxy groups -OCH3 is 1. The van der Waals surface area contributed by atoms with Gasteiger partial charge in [-0.2, -0.15) is 0 Å². The van der Waals surface area contributed by atoms with Crippen molar-refractivity contribution in [2.24, 2.45) is 0 Å². The highest BCUT2D eigenvalue weighted by Crippen LogP contribution is 2.35. The zero-order chi connectivity index (χ0) is 10.1. The molecule has 76 valence electrons. The van der Waals surface area contributed by atoms with E-state index >= 15 is 0 Å². The lowest BCUT2D eigenvalue weighted by Gasteiger charge is -2.22. The van der Waals surface area contributed by atoms with E-state index in [4.69, 9.17) is 10.5 Å². The van der Waals surface area contributed by atoms with Gasteiger partial charge in [-0.1, -0.05) is 0 Å². The van der Waals surface area contributed by atoms with E-state index in [0.29, 0.717) is 11.4 Å². The molecule has 0 aliphatic heterocycles. The SMILES string of the molecule is COc1cc2c(cc1N)CCC[C@H]2O. The van der Waals surface area contributed by atoms with Crippen molar-refractivity contribution >= 4 is 5.69 Å². The number of hydrogen-bond acceptors (Lipinski definition) is 3. The van der Waals surface area contributed by atoms with Crippen LogP contribution in [0, 0.1) is 0 Å². The molecule has 1 aromatic rings. The molecule has 14 heavy (non-hydrogen) atoms. The standard InChI is InChI=1S/C11H15NO2/c1-14-11-6-8-7(5-9(11)12)3-2-4-10(8)13/h5-6,10,13H,2-4,12H2,1H3/t10-/m1/s1. The molecule has 0 heterocycles. The van der Waals surface area contributed by atoms with Crippen molar-refractivity contribution in [2.75, 3.05) is 12.8 Å². The van der Waals surface area contributed by atoms with Crippen LogP contribution in [-0.2, 0) is 6.42 Å². The van der Waals surface area contributed by atoms with Gasteiger partial charge in [-0.05, 0) is 42.5 Å². The van der Waals surface area contributed by atoms with Crippen LogP contribution in [0.3, 0.4) is 0 Å². The van der Waals surface area contributed by atoms with Gasteiger partial charge in [-0.15, -0.1) is 0 Å². The third kappa shape index (κ3) is 1.44. The van der Waals surface area contributed by atoms with Gasteiger partial charge in [0.2, 0.25) is 0 Å². The number of benzene rings is 1. The Labute approximate surface area is 83.5 Å². The lowest BCUT2D eigenvalue weighted by molar-refractivity contribution is 0.156. The summed E-state index contributed by atoms with van der Waals surface area (Å²) in [6.07, 6.45) is 2.51. The number of fused-ring (bicyclic) bond motifs is 1. The summed E-state index contributed by atoms with van der Waals surface area (Å²) in [7, 11) is 1.59. The molecule has 1 atom stereocenters. The number of aliphatic hydroxyl groups is 1. The number of aliphatic hydroxyl groups excluding tert-OH is 1. The summed E-state index contributed by atoms with van der Waals surface area (Å²) >= 11 is 0. The van der Waals surface area contributed by atoms with E-state index in [1.807, 2.05) is 12.1 Å². The van der Waals surface area contributed by atoms with E-state index in [-0.39, 0.29) is 6.10 Å². The fraction of sp³-hybridized carbons (Fsp3) is 0.455. The second kappa shape index (κ2) is 3.50. The van der Waals surface area contributed by atoms with Crippen molar-refractivity contribution in [1.82, 2.24) is 0 Å². The lowest BCUT2D eigenvalue weighted by Crippen LogP contribution is -2.10. The summed E-state index contributed by atoms with van der Waals surface area (Å²) in [6, 6.07) is 3.77. The Balaban J connectivity index is 2.49. The Morgan fingerprint density at radius 1 is 1.50 bits per heavy atom. The number of aryl methyl sites for hydroxylation is 1. The minimum Gasteiger partial charge on any atom is -0.495 e. The molecule has 0 spiro atoms. The summed E-state index contributed by atoms with van der Waals surface area (Å²) in [5, 5.41) is 9.78. The van der Waals surface area contributed by atoms with E-state index in [1.54, 1.807) is 7.11 Å². The lowest BCUT2D eigenvalue weighted by atomic mass is 9.89. The largest absolute Gasteiger partial charge is 0.495 e. The molecule has 0 saturated carbocycles. The molecule has 3 heteroatoms. The number of hydrogen-bond donors (Lipinski definition) is 2. The van der Waals surface area contributed by atoms with E-state index in [1.165, 1.54) is 0 Å². The first-order valence-electron chi connectivity index (χ1n) is 4.86. The maximum atomic E-state index is 9.78. The minimum absolute atomic E-state index is 0.353. The average molecular weight is 193 g/mol. The van der Waals surface area contributed by atoms with Crippen LogP contribution in [0.2, 0.25) is 0 Å². The fourth-order valence-electron chi connectivity index (χ4n) is 2.00. The van der Waals surface area contributed by atoms with Crippen LogP contribution in [0.1, 0.15) is 30.1 Å².